The maximum absolute atomic E-state index is 13.0. The standard InChI is InChI=1S/C17H24N2O4/c20-16(18-3-7-22-8-4-18)14-12-1-2-13(11-12)15(14)17(21)19-5-9-23-10-6-19/h1-2,12-15H,3-11H2/t12-,13-,14-,15+/m0/s1. The molecule has 0 radical (unpaired) electrons. The maximum atomic E-state index is 13.0. The van der Waals surface area contributed by atoms with Crippen LogP contribution in [0.1, 0.15) is 6.42 Å². The second-order valence-corrected chi connectivity index (χ2v) is 6.88. The predicted octanol–water partition coefficient (Wildman–Crippen LogP) is 0.142. The van der Waals surface area contributed by atoms with Gasteiger partial charge < -0.3 is 19.3 Å². The van der Waals surface area contributed by atoms with Crippen molar-refractivity contribution in [3.8, 4) is 0 Å². The minimum atomic E-state index is -0.182. The van der Waals surface area contributed by atoms with Crippen molar-refractivity contribution in [3.05, 3.63) is 12.2 Å². The van der Waals surface area contributed by atoms with E-state index in [2.05, 4.69) is 12.2 Å². The average molecular weight is 320 g/mol. The number of hydrogen-bond acceptors (Lipinski definition) is 4. The van der Waals surface area contributed by atoms with Gasteiger partial charge in [0.05, 0.1) is 38.3 Å². The highest BCUT2D eigenvalue weighted by Gasteiger charge is 2.53. The van der Waals surface area contributed by atoms with Crippen LogP contribution < -0.4 is 0 Å². The Balaban J connectivity index is 1.53. The molecular formula is C17H24N2O4. The summed E-state index contributed by atoms with van der Waals surface area (Å²) in [5.41, 5.74) is 0. The third-order valence-electron chi connectivity index (χ3n) is 5.68. The lowest BCUT2D eigenvalue weighted by Gasteiger charge is -2.36. The molecule has 4 rings (SSSR count). The molecule has 1 saturated carbocycles. The number of nitrogens with zero attached hydrogens (tertiary/aromatic N) is 2. The lowest BCUT2D eigenvalue weighted by Crippen LogP contribution is -2.51. The number of amides is 2. The van der Waals surface area contributed by atoms with Crippen LogP contribution in [0.4, 0.5) is 0 Å². The molecule has 6 heteroatoms. The first kappa shape index (κ1) is 15.1. The van der Waals surface area contributed by atoms with E-state index in [0.717, 1.165) is 6.42 Å². The van der Waals surface area contributed by atoms with Gasteiger partial charge in [-0.2, -0.15) is 0 Å². The molecule has 2 saturated heterocycles. The molecule has 2 aliphatic carbocycles. The summed E-state index contributed by atoms with van der Waals surface area (Å²) in [5, 5.41) is 0. The van der Waals surface area contributed by atoms with Crippen LogP contribution in [-0.2, 0) is 19.1 Å². The molecule has 2 heterocycles. The number of ether oxygens (including phenoxy) is 2. The first-order chi connectivity index (χ1) is 11.3. The number of carbonyl (C=O) groups is 2. The van der Waals surface area contributed by atoms with Crippen LogP contribution in [0.15, 0.2) is 12.2 Å². The van der Waals surface area contributed by atoms with E-state index < -0.39 is 0 Å². The Labute approximate surface area is 136 Å². The quantitative estimate of drug-likeness (QED) is 0.679. The number of rotatable bonds is 2. The Bertz CT molecular complexity index is 465. The van der Waals surface area contributed by atoms with Gasteiger partial charge in [-0.05, 0) is 18.3 Å². The normalized spacial score (nSPS) is 36.5. The molecule has 4 atom stereocenters. The summed E-state index contributed by atoms with van der Waals surface area (Å²) >= 11 is 0. The van der Waals surface area contributed by atoms with Crippen molar-refractivity contribution >= 4 is 11.8 Å². The SMILES string of the molecule is O=C([C@@H]1[C@H](C(=O)N2CCOCC2)[C@H]2C=C[C@H]1C2)N1CCOCC1. The summed E-state index contributed by atoms with van der Waals surface area (Å²) < 4.78 is 10.7. The highest BCUT2D eigenvalue weighted by Crippen LogP contribution is 2.49. The van der Waals surface area contributed by atoms with Crippen LogP contribution in [0.25, 0.3) is 0 Å². The van der Waals surface area contributed by atoms with Crippen molar-refractivity contribution in [2.75, 3.05) is 52.6 Å². The molecule has 23 heavy (non-hydrogen) atoms. The van der Waals surface area contributed by atoms with Gasteiger partial charge in [0.25, 0.3) is 0 Å². The number of carbonyl (C=O) groups excluding carboxylic acids is 2. The Kier molecular flexibility index (Phi) is 4.11. The molecule has 0 aromatic heterocycles. The molecular weight excluding hydrogens is 296 g/mol. The van der Waals surface area contributed by atoms with Gasteiger partial charge in [-0.25, -0.2) is 0 Å². The number of morpholine rings is 2. The summed E-state index contributed by atoms with van der Waals surface area (Å²) in [7, 11) is 0. The first-order valence-electron chi connectivity index (χ1n) is 8.67. The summed E-state index contributed by atoms with van der Waals surface area (Å²) in [6, 6.07) is 0. The summed E-state index contributed by atoms with van der Waals surface area (Å²) in [6.07, 6.45) is 5.25. The summed E-state index contributed by atoms with van der Waals surface area (Å²) in [4.78, 5) is 29.8. The van der Waals surface area contributed by atoms with Gasteiger partial charge in [-0.15, -0.1) is 0 Å². The second-order valence-electron chi connectivity index (χ2n) is 6.88. The molecule has 2 amide bonds. The molecule has 6 nitrogen and oxygen atoms in total. The summed E-state index contributed by atoms with van der Waals surface area (Å²) in [6.45, 7) is 5.00. The number of allylic oxidation sites excluding steroid dienone is 2. The van der Waals surface area contributed by atoms with E-state index >= 15 is 0 Å². The maximum Gasteiger partial charge on any atom is 0.227 e. The average Bonchev–Trinajstić information content (AvgIpc) is 3.23. The molecule has 3 fully saturated rings. The minimum Gasteiger partial charge on any atom is -0.378 e. The van der Waals surface area contributed by atoms with E-state index in [4.69, 9.17) is 9.47 Å². The van der Waals surface area contributed by atoms with Gasteiger partial charge in [-0.1, -0.05) is 12.2 Å². The summed E-state index contributed by atoms with van der Waals surface area (Å²) in [5.74, 6) is 0.390. The van der Waals surface area contributed by atoms with E-state index in [1.807, 2.05) is 9.80 Å². The van der Waals surface area contributed by atoms with Gasteiger partial charge in [0.1, 0.15) is 0 Å². The van der Waals surface area contributed by atoms with Gasteiger partial charge in [0, 0.05) is 26.2 Å². The Morgan fingerprint density at radius 2 is 1.13 bits per heavy atom. The largest absolute Gasteiger partial charge is 0.378 e. The first-order valence-corrected chi connectivity index (χ1v) is 8.67. The van der Waals surface area contributed by atoms with Crippen molar-refractivity contribution in [1.29, 1.82) is 0 Å². The van der Waals surface area contributed by atoms with Crippen molar-refractivity contribution < 1.29 is 19.1 Å². The van der Waals surface area contributed by atoms with Crippen LogP contribution >= 0.6 is 0 Å². The number of hydrogen-bond donors (Lipinski definition) is 0. The minimum absolute atomic E-state index is 0.150. The van der Waals surface area contributed by atoms with Crippen molar-refractivity contribution in [3.63, 3.8) is 0 Å². The third-order valence-corrected chi connectivity index (χ3v) is 5.68. The fraction of sp³-hybridized carbons (Fsp3) is 0.765. The third kappa shape index (κ3) is 2.68. The smallest absolute Gasteiger partial charge is 0.227 e. The van der Waals surface area contributed by atoms with E-state index in [1.54, 1.807) is 0 Å². The highest BCUT2D eigenvalue weighted by atomic mass is 16.5. The van der Waals surface area contributed by atoms with E-state index in [9.17, 15) is 9.59 Å². The zero-order valence-corrected chi connectivity index (χ0v) is 13.4. The molecule has 126 valence electrons. The molecule has 2 aliphatic heterocycles. The van der Waals surface area contributed by atoms with E-state index in [-0.39, 0.29) is 35.5 Å². The Hall–Kier alpha value is -1.40. The van der Waals surface area contributed by atoms with Crippen molar-refractivity contribution in [1.82, 2.24) is 9.80 Å². The lowest BCUT2D eigenvalue weighted by molar-refractivity contribution is -0.151. The van der Waals surface area contributed by atoms with Gasteiger partial charge in [-0.3, -0.25) is 9.59 Å². The number of fused-ring (bicyclic) bond motifs is 2. The van der Waals surface area contributed by atoms with E-state index in [0.29, 0.717) is 52.6 Å². The molecule has 0 aromatic carbocycles. The Morgan fingerprint density at radius 1 is 0.739 bits per heavy atom. The predicted molar refractivity (Wildman–Crippen MR) is 82.5 cm³/mol. The topological polar surface area (TPSA) is 59.1 Å². The van der Waals surface area contributed by atoms with Gasteiger partial charge in [0.15, 0.2) is 0 Å². The Morgan fingerprint density at radius 3 is 1.52 bits per heavy atom. The van der Waals surface area contributed by atoms with Crippen molar-refractivity contribution in [2.24, 2.45) is 23.7 Å². The van der Waals surface area contributed by atoms with Crippen LogP contribution in [-0.4, -0.2) is 74.2 Å². The van der Waals surface area contributed by atoms with Crippen molar-refractivity contribution in [2.45, 2.75) is 6.42 Å². The molecule has 0 spiro atoms. The fourth-order valence-corrected chi connectivity index (χ4v) is 4.48. The van der Waals surface area contributed by atoms with Crippen LogP contribution in [0.5, 0.6) is 0 Å². The zero-order valence-electron chi connectivity index (χ0n) is 13.4. The van der Waals surface area contributed by atoms with Crippen LogP contribution in [0.3, 0.4) is 0 Å². The molecule has 4 aliphatic rings. The fourth-order valence-electron chi connectivity index (χ4n) is 4.48. The zero-order chi connectivity index (χ0) is 15.8. The molecule has 0 unspecified atom stereocenters. The monoisotopic (exact) mass is 320 g/mol. The molecule has 0 aromatic rings. The lowest BCUT2D eigenvalue weighted by atomic mass is 9.81. The van der Waals surface area contributed by atoms with Gasteiger partial charge >= 0.3 is 0 Å². The molecule has 2 bridgehead atoms. The van der Waals surface area contributed by atoms with Crippen LogP contribution in [0, 0.1) is 23.7 Å². The van der Waals surface area contributed by atoms with Crippen LogP contribution in [0.2, 0.25) is 0 Å². The second kappa shape index (κ2) is 6.24. The van der Waals surface area contributed by atoms with E-state index in [1.165, 1.54) is 0 Å². The molecule has 0 N–H and O–H groups in total. The highest BCUT2D eigenvalue weighted by molar-refractivity contribution is 5.90. The van der Waals surface area contributed by atoms with Gasteiger partial charge in [0.2, 0.25) is 11.8 Å².